The molecule has 9 unspecified atom stereocenters. The van der Waals surface area contributed by atoms with Gasteiger partial charge in [0.1, 0.15) is 34.7 Å². The number of carboxylic acids is 1. The molecule has 1 heterocycles. The quantitative estimate of drug-likeness (QED) is 0.0230. The SMILES string of the molecule is C.CC(=O)C(S)CCS.CC(=O)CC(=O)CCC1CCSS1.CSC(CCC(C)=O)CCS(C)=O.CSC(CCS(C)=O)C(C)=O.CSCCC(C(C)=O)S(C)=O.CSCCC(S)/C=C/C(=O)O. The van der Waals surface area contributed by atoms with Gasteiger partial charge in [0.15, 0.2) is 0 Å². The first-order chi connectivity index (χ1) is 31.2. The lowest BCUT2D eigenvalue weighted by molar-refractivity contribution is -0.131. The Labute approximate surface area is 461 Å². The molecule has 68 heavy (non-hydrogen) atoms. The highest BCUT2D eigenvalue weighted by Crippen LogP contribution is 2.39. The van der Waals surface area contributed by atoms with Crippen molar-refractivity contribution < 1.29 is 51.3 Å². The zero-order valence-electron chi connectivity index (χ0n) is 41.7. The highest BCUT2D eigenvalue weighted by Gasteiger charge is 2.19. The van der Waals surface area contributed by atoms with Crippen LogP contribution in [0.25, 0.3) is 0 Å². The Morgan fingerprint density at radius 1 is 0.721 bits per heavy atom. The highest BCUT2D eigenvalue weighted by atomic mass is 33.1. The Hall–Kier alpha value is 0.830. The van der Waals surface area contributed by atoms with E-state index in [1.807, 2.05) is 46.6 Å². The van der Waals surface area contributed by atoms with Gasteiger partial charge in [0.05, 0.1) is 22.2 Å². The Kier molecular flexibility index (Phi) is 65.6. The van der Waals surface area contributed by atoms with Crippen molar-refractivity contribution >= 4 is 180 Å². The minimum atomic E-state index is -0.998. The largest absolute Gasteiger partial charge is 0.478 e. The second-order valence-electron chi connectivity index (χ2n) is 14.9. The van der Waals surface area contributed by atoms with Gasteiger partial charge in [0.25, 0.3) is 0 Å². The van der Waals surface area contributed by atoms with Crippen molar-refractivity contribution in [1.29, 1.82) is 0 Å². The van der Waals surface area contributed by atoms with E-state index >= 15 is 0 Å². The first kappa shape index (κ1) is 80.2. The number of rotatable bonds is 30. The van der Waals surface area contributed by atoms with Crippen LogP contribution >= 0.6 is 107 Å². The van der Waals surface area contributed by atoms with Crippen molar-refractivity contribution in [3.63, 3.8) is 0 Å². The van der Waals surface area contributed by atoms with Gasteiger partial charge in [0.2, 0.25) is 0 Å². The Balaban J connectivity index is -0.000000170. The molecular weight excluding hydrogens is 1100 g/mol. The number of carbonyl (C=O) groups excluding carboxylic acids is 6. The molecule has 404 valence electrons. The molecule has 0 aliphatic carbocycles. The van der Waals surface area contributed by atoms with Gasteiger partial charge < -0.3 is 9.90 Å². The number of Topliss-reactive ketones (excluding diaryl/α,β-unsaturated/α-hetero) is 6. The third-order valence-corrected chi connectivity index (χ3v) is 19.5. The second kappa shape index (κ2) is 55.6. The number of thioether (sulfide) groups is 4. The number of aliphatic carboxylic acids is 1. The van der Waals surface area contributed by atoms with Crippen molar-refractivity contribution in [2.45, 2.75) is 144 Å². The van der Waals surface area contributed by atoms with Crippen LogP contribution in [0.2, 0.25) is 0 Å². The summed E-state index contributed by atoms with van der Waals surface area (Å²) in [5.41, 5.74) is 0. The standard InChI is InChI=1S/C9H14O2S2.C9H18O2S2.2C7H14O2S2.C7H12O2S2.C5H10OS2.CH4/c1-7(10)6-8(11)2-3-9-4-5-12-13-9;1-8(10)4-5-9(12-2)6-7-13(3)11;1-6(8)7(10-2)4-5-11(3)9;1-6(8)7(11(3)9)4-5-10-2;1-11-5-4-6(10)2-3-7(8)9;1-4(6)5(8)2-3-7;/h9H,2-6H2,1H3;9H,4-7H2,1-3H3;2*7H,4-5H2,1-3H3;2-3,6,10H,4-5H2,1H3,(H,8,9);5,7-8H,2-3H2,1H3;1H4/b;;;;3-2+;;. The first-order valence-electron chi connectivity index (χ1n) is 21.4. The molecule has 1 fully saturated rings. The van der Waals surface area contributed by atoms with Gasteiger partial charge in [-0.05, 0) is 128 Å². The summed E-state index contributed by atoms with van der Waals surface area (Å²) < 4.78 is 32.5. The van der Waals surface area contributed by atoms with Gasteiger partial charge >= 0.3 is 5.97 Å². The number of hydrogen-bond donors (Lipinski definition) is 4. The molecule has 0 spiro atoms. The molecule has 1 rings (SSSR count). The number of hydrogen-bond acceptors (Lipinski definition) is 19. The lowest BCUT2D eigenvalue weighted by Gasteiger charge is -2.11. The lowest BCUT2D eigenvalue weighted by atomic mass is 10.1. The average molecular weight is 1190 g/mol. The van der Waals surface area contributed by atoms with E-state index in [2.05, 4.69) is 37.9 Å². The smallest absolute Gasteiger partial charge is 0.328 e. The molecule has 1 aliphatic rings. The zero-order valence-corrected chi connectivity index (χ0v) is 51.7. The molecular formula is C45H86O11S12. The maximum Gasteiger partial charge on any atom is 0.328 e. The molecule has 0 aromatic carbocycles. The van der Waals surface area contributed by atoms with Crippen LogP contribution in [0.3, 0.4) is 0 Å². The topological polar surface area (TPSA) is 191 Å². The van der Waals surface area contributed by atoms with Crippen molar-refractivity contribution in [3.8, 4) is 0 Å². The van der Waals surface area contributed by atoms with Crippen molar-refractivity contribution in [3.05, 3.63) is 12.2 Å². The highest BCUT2D eigenvalue weighted by molar-refractivity contribution is 8.77. The van der Waals surface area contributed by atoms with Crippen LogP contribution in [-0.4, -0.2) is 168 Å². The van der Waals surface area contributed by atoms with Gasteiger partial charge in [0, 0.05) is 103 Å². The van der Waals surface area contributed by atoms with E-state index in [4.69, 9.17) is 5.11 Å². The number of carbonyl (C=O) groups is 7. The number of carboxylic acid groups (broad SMARTS) is 1. The van der Waals surface area contributed by atoms with Crippen LogP contribution in [0, 0.1) is 0 Å². The molecule has 1 saturated heterocycles. The van der Waals surface area contributed by atoms with Gasteiger partial charge in [-0.3, -0.25) is 36.6 Å². The van der Waals surface area contributed by atoms with Crippen molar-refractivity contribution in [1.82, 2.24) is 0 Å². The van der Waals surface area contributed by atoms with E-state index < -0.39 is 38.4 Å². The average Bonchev–Trinajstić information content (AvgIpc) is 3.76. The fraction of sp³-hybridized carbons (Fsp3) is 0.800. The normalized spacial score (nSPS) is 16.0. The molecule has 0 amide bonds. The maximum absolute atomic E-state index is 11.2. The van der Waals surface area contributed by atoms with E-state index in [0.717, 1.165) is 74.0 Å². The van der Waals surface area contributed by atoms with Crippen LogP contribution in [0.15, 0.2) is 12.2 Å². The van der Waals surface area contributed by atoms with Gasteiger partial charge in [-0.15, -0.1) is 0 Å². The number of thiol groups is 3. The summed E-state index contributed by atoms with van der Waals surface area (Å²) in [6.45, 7) is 7.72. The number of ketones is 6. The molecule has 0 bridgehead atoms. The van der Waals surface area contributed by atoms with Crippen LogP contribution in [0.5, 0.6) is 0 Å². The van der Waals surface area contributed by atoms with Crippen LogP contribution in [0.1, 0.15) is 113 Å². The summed E-state index contributed by atoms with van der Waals surface area (Å²) >= 11 is 18.9. The lowest BCUT2D eigenvalue weighted by Crippen LogP contribution is -2.23. The minimum absolute atomic E-state index is 0. The maximum atomic E-state index is 11.2. The second-order valence-corrected chi connectivity index (χ2v) is 28.3. The molecule has 0 saturated carbocycles. The third-order valence-electron chi connectivity index (χ3n) is 8.59. The van der Waals surface area contributed by atoms with Gasteiger partial charge in [-0.1, -0.05) is 35.1 Å². The van der Waals surface area contributed by atoms with Crippen LogP contribution < -0.4 is 0 Å². The zero-order chi connectivity index (χ0) is 52.9. The molecule has 9 atom stereocenters. The van der Waals surface area contributed by atoms with Crippen LogP contribution in [-0.2, 0) is 66.0 Å². The van der Waals surface area contributed by atoms with Gasteiger partial charge in [-0.2, -0.15) is 84.9 Å². The summed E-state index contributed by atoms with van der Waals surface area (Å²) in [6, 6.07) is 0. The van der Waals surface area contributed by atoms with E-state index in [1.165, 1.54) is 37.8 Å². The fourth-order valence-corrected chi connectivity index (χ4v) is 13.6. The van der Waals surface area contributed by atoms with E-state index in [9.17, 15) is 46.2 Å². The summed E-state index contributed by atoms with van der Waals surface area (Å²) in [5, 5.41) is 9.15. The van der Waals surface area contributed by atoms with E-state index in [1.54, 1.807) is 80.9 Å². The third kappa shape index (κ3) is 62.9. The Bertz CT molecular complexity index is 1430. The molecule has 0 radical (unpaired) electrons. The predicted octanol–water partition coefficient (Wildman–Crippen LogP) is 9.98. The molecule has 1 N–H and O–H groups in total. The summed E-state index contributed by atoms with van der Waals surface area (Å²) in [4.78, 5) is 74.8. The minimum Gasteiger partial charge on any atom is -0.478 e. The molecule has 1 aliphatic heterocycles. The predicted molar refractivity (Wildman–Crippen MR) is 323 cm³/mol. The molecule has 11 nitrogen and oxygen atoms in total. The van der Waals surface area contributed by atoms with E-state index in [-0.39, 0.29) is 69.5 Å². The Morgan fingerprint density at radius 2 is 1.26 bits per heavy atom. The van der Waals surface area contributed by atoms with Crippen molar-refractivity contribution in [2.24, 2.45) is 0 Å². The van der Waals surface area contributed by atoms with Crippen LogP contribution in [0.4, 0.5) is 0 Å². The summed E-state index contributed by atoms with van der Waals surface area (Å²) in [6.07, 6.45) is 24.2. The molecule has 0 aromatic heterocycles. The van der Waals surface area contributed by atoms with E-state index in [0.29, 0.717) is 29.1 Å². The first-order valence-corrected chi connectivity index (χ1v) is 35.9. The summed E-state index contributed by atoms with van der Waals surface area (Å²) in [5.74, 6) is 5.01. The van der Waals surface area contributed by atoms with Crippen molar-refractivity contribution in [2.75, 3.05) is 78.3 Å². The molecule has 23 heteroatoms. The van der Waals surface area contributed by atoms with Gasteiger partial charge in [-0.25, -0.2) is 4.79 Å². The monoisotopic (exact) mass is 1190 g/mol. The summed E-state index contributed by atoms with van der Waals surface area (Å²) in [7, 11) is 1.30. The molecule has 0 aromatic rings. The Morgan fingerprint density at radius 3 is 1.62 bits per heavy atom. The fourth-order valence-electron chi connectivity index (χ4n) is 4.74.